The maximum absolute atomic E-state index is 13.3. The lowest BCUT2D eigenvalue weighted by Crippen LogP contribution is -2.40. The number of aromatic amines is 1. The molecule has 1 saturated heterocycles. The van der Waals surface area contributed by atoms with E-state index >= 15 is 0 Å². The van der Waals surface area contributed by atoms with Gasteiger partial charge < -0.3 is 19.1 Å². The lowest BCUT2D eigenvalue weighted by molar-refractivity contribution is -0.134. The van der Waals surface area contributed by atoms with Crippen LogP contribution in [0, 0.1) is 12.7 Å². The normalized spacial score (nSPS) is 15.1. The van der Waals surface area contributed by atoms with Crippen molar-refractivity contribution in [3.05, 3.63) is 57.9 Å². The lowest BCUT2D eigenvalue weighted by Gasteiger charge is -2.31. The van der Waals surface area contributed by atoms with Gasteiger partial charge in [-0.1, -0.05) is 5.16 Å². The minimum absolute atomic E-state index is 0.134. The summed E-state index contributed by atoms with van der Waals surface area (Å²) < 4.78 is 23.9. The fourth-order valence-electron chi connectivity index (χ4n) is 3.53. The first kappa shape index (κ1) is 18.2. The molecule has 2 aromatic heterocycles. The number of hydrogen-bond acceptors (Lipinski definition) is 5. The highest BCUT2D eigenvalue weighted by atomic mass is 19.1. The summed E-state index contributed by atoms with van der Waals surface area (Å²) >= 11 is 0. The molecule has 0 aliphatic carbocycles. The van der Waals surface area contributed by atoms with Gasteiger partial charge in [0.25, 0.3) is 5.91 Å². The molecule has 1 fully saturated rings. The molecule has 1 aromatic carbocycles. The number of rotatable bonds is 4. The second-order valence-corrected chi connectivity index (χ2v) is 7.00. The van der Waals surface area contributed by atoms with Crippen LogP contribution < -0.4 is 10.2 Å². The number of ether oxygens (including phenoxy) is 1. The van der Waals surface area contributed by atoms with Crippen molar-refractivity contribution in [2.45, 2.75) is 25.7 Å². The number of carbonyl (C=O) groups is 1. The van der Waals surface area contributed by atoms with Crippen LogP contribution in [-0.2, 0) is 4.79 Å². The molecule has 0 unspecified atom stereocenters. The maximum Gasteiger partial charge on any atom is 0.260 e. The summed E-state index contributed by atoms with van der Waals surface area (Å²) in [6.07, 6.45) is 2.93. The number of carbonyl (C=O) groups excluding carboxylic acids is 1. The third-order valence-electron chi connectivity index (χ3n) is 5.07. The van der Waals surface area contributed by atoms with Crippen molar-refractivity contribution in [2.75, 3.05) is 19.7 Å². The van der Waals surface area contributed by atoms with Crippen molar-refractivity contribution in [3.8, 4) is 5.75 Å². The van der Waals surface area contributed by atoms with Crippen molar-refractivity contribution in [2.24, 2.45) is 0 Å². The van der Waals surface area contributed by atoms with Gasteiger partial charge in [0.05, 0.1) is 5.69 Å². The van der Waals surface area contributed by atoms with Crippen LogP contribution in [0.25, 0.3) is 11.0 Å². The molecular formula is C20H20FN3O4. The molecule has 8 heteroatoms. The van der Waals surface area contributed by atoms with E-state index < -0.39 is 0 Å². The highest BCUT2D eigenvalue weighted by molar-refractivity contribution is 5.80. The second kappa shape index (κ2) is 7.46. The zero-order chi connectivity index (χ0) is 19.7. The van der Waals surface area contributed by atoms with Gasteiger partial charge in [-0.05, 0) is 31.9 Å². The summed E-state index contributed by atoms with van der Waals surface area (Å²) in [6.45, 7) is 2.72. The Labute approximate surface area is 160 Å². The predicted molar refractivity (Wildman–Crippen MR) is 99.8 cm³/mol. The standard InChI is InChI=1S/C20H20FN3O4/c1-12-8-16(25)18(10-22-12)27-11-19(26)24-6-4-13(5-7-24)20-15-3-2-14(21)9-17(15)28-23-20/h2-3,8-10,13H,4-7,11H2,1H3,(H,22,25). The second-order valence-electron chi connectivity index (χ2n) is 7.00. The Morgan fingerprint density at radius 2 is 2.14 bits per heavy atom. The Balaban J connectivity index is 1.35. The van der Waals surface area contributed by atoms with Crippen LogP contribution in [0.5, 0.6) is 5.75 Å². The van der Waals surface area contributed by atoms with Gasteiger partial charge >= 0.3 is 0 Å². The first-order valence-electron chi connectivity index (χ1n) is 9.16. The average molecular weight is 385 g/mol. The summed E-state index contributed by atoms with van der Waals surface area (Å²) in [5.41, 5.74) is 1.72. The average Bonchev–Trinajstić information content (AvgIpc) is 3.10. The molecule has 4 rings (SSSR count). The fraction of sp³-hybridized carbons (Fsp3) is 0.350. The molecule has 146 valence electrons. The minimum Gasteiger partial charge on any atom is -0.478 e. The summed E-state index contributed by atoms with van der Waals surface area (Å²) in [6, 6.07) is 5.83. The molecular weight excluding hydrogens is 365 g/mol. The number of aromatic nitrogens is 2. The van der Waals surface area contributed by atoms with Crippen LogP contribution in [0.4, 0.5) is 4.39 Å². The number of halogens is 1. The number of aryl methyl sites for hydroxylation is 1. The van der Waals surface area contributed by atoms with Gasteiger partial charge in [0.2, 0.25) is 5.43 Å². The Bertz CT molecular complexity index is 1070. The van der Waals surface area contributed by atoms with Crippen LogP contribution in [0.1, 0.15) is 30.1 Å². The zero-order valence-corrected chi connectivity index (χ0v) is 15.4. The van der Waals surface area contributed by atoms with Crippen molar-refractivity contribution in [1.82, 2.24) is 15.0 Å². The van der Waals surface area contributed by atoms with E-state index in [0.717, 1.165) is 29.6 Å². The Morgan fingerprint density at radius 3 is 2.89 bits per heavy atom. The van der Waals surface area contributed by atoms with Crippen LogP contribution in [-0.4, -0.2) is 40.6 Å². The number of hydrogen-bond donors (Lipinski definition) is 1. The number of benzene rings is 1. The Kier molecular flexibility index (Phi) is 4.85. The topological polar surface area (TPSA) is 88.4 Å². The van der Waals surface area contributed by atoms with E-state index in [-0.39, 0.29) is 35.4 Å². The number of H-pyrrole nitrogens is 1. The summed E-state index contributed by atoms with van der Waals surface area (Å²) in [4.78, 5) is 28.8. The summed E-state index contributed by atoms with van der Waals surface area (Å²) in [7, 11) is 0. The molecule has 0 saturated carbocycles. The van der Waals surface area contributed by atoms with Crippen LogP contribution >= 0.6 is 0 Å². The fourth-order valence-corrected chi connectivity index (χ4v) is 3.53. The van der Waals surface area contributed by atoms with E-state index in [9.17, 15) is 14.0 Å². The van der Waals surface area contributed by atoms with E-state index in [4.69, 9.17) is 9.26 Å². The summed E-state index contributed by atoms with van der Waals surface area (Å²) in [5, 5.41) is 4.93. The quantitative estimate of drug-likeness (QED) is 0.746. The predicted octanol–water partition coefficient (Wildman–Crippen LogP) is 2.75. The van der Waals surface area contributed by atoms with Gasteiger partial charge in [-0.15, -0.1) is 0 Å². The molecule has 1 N–H and O–H groups in total. The molecule has 0 spiro atoms. The van der Waals surface area contributed by atoms with Crippen molar-refractivity contribution in [3.63, 3.8) is 0 Å². The molecule has 1 amide bonds. The van der Waals surface area contributed by atoms with E-state index in [0.29, 0.717) is 18.7 Å². The maximum atomic E-state index is 13.3. The van der Waals surface area contributed by atoms with Crippen LogP contribution in [0.3, 0.4) is 0 Å². The van der Waals surface area contributed by atoms with E-state index in [1.165, 1.54) is 24.4 Å². The number of fused-ring (bicyclic) bond motifs is 1. The van der Waals surface area contributed by atoms with Gasteiger partial charge in [0.1, 0.15) is 5.82 Å². The van der Waals surface area contributed by atoms with Gasteiger partial charge in [-0.25, -0.2) is 4.39 Å². The van der Waals surface area contributed by atoms with Crippen molar-refractivity contribution >= 4 is 16.9 Å². The van der Waals surface area contributed by atoms with Gasteiger partial charge in [0, 0.05) is 48.4 Å². The molecule has 3 heterocycles. The highest BCUT2D eigenvalue weighted by Crippen LogP contribution is 2.32. The molecule has 0 bridgehead atoms. The summed E-state index contributed by atoms with van der Waals surface area (Å²) in [5.74, 6) is -0.236. The molecule has 0 radical (unpaired) electrons. The number of piperidine rings is 1. The first-order valence-corrected chi connectivity index (χ1v) is 9.16. The van der Waals surface area contributed by atoms with E-state index in [1.807, 2.05) is 0 Å². The molecule has 1 aliphatic heterocycles. The van der Waals surface area contributed by atoms with Gasteiger partial charge in [0.15, 0.2) is 17.9 Å². The van der Waals surface area contributed by atoms with Gasteiger partial charge in [-0.2, -0.15) is 0 Å². The van der Waals surface area contributed by atoms with E-state index in [1.54, 1.807) is 17.9 Å². The molecule has 28 heavy (non-hydrogen) atoms. The van der Waals surface area contributed by atoms with E-state index in [2.05, 4.69) is 10.1 Å². The largest absolute Gasteiger partial charge is 0.478 e. The lowest BCUT2D eigenvalue weighted by atomic mass is 9.91. The highest BCUT2D eigenvalue weighted by Gasteiger charge is 2.27. The first-order chi connectivity index (χ1) is 13.5. The number of nitrogens with one attached hydrogen (secondary N) is 1. The molecule has 0 atom stereocenters. The number of nitrogens with zero attached hydrogens (tertiary/aromatic N) is 2. The molecule has 7 nitrogen and oxygen atoms in total. The van der Waals surface area contributed by atoms with Crippen LogP contribution in [0.15, 0.2) is 39.8 Å². The van der Waals surface area contributed by atoms with Gasteiger partial charge in [-0.3, -0.25) is 9.59 Å². The number of amides is 1. The zero-order valence-electron chi connectivity index (χ0n) is 15.4. The van der Waals surface area contributed by atoms with Crippen molar-refractivity contribution < 1.29 is 18.4 Å². The number of likely N-dealkylation sites (tertiary alicyclic amines) is 1. The molecule has 1 aliphatic rings. The van der Waals surface area contributed by atoms with Crippen LogP contribution in [0.2, 0.25) is 0 Å². The molecule has 3 aromatic rings. The third kappa shape index (κ3) is 3.62. The number of pyridine rings is 1. The third-order valence-corrected chi connectivity index (χ3v) is 5.07. The smallest absolute Gasteiger partial charge is 0.260 e. The SMILES string of the molecule is Cc1cc(=O)c(OCC(=O)N2CCC(c3noc4cc(F)ccc34)CC2)c[nH]1. The Morgan fingerprint density at radius 1 is 1.36 bits per heavy atom. The minimum atomic E-state index is -0.358. The Hall–Kier alpha value is -3.16. The monoisotopic (exact) mass is 385 g/mol. The van der Waals surface area contributed by atoms with Crippen molar-refractivity contribution in [1.29, 1.82) is 0 Å².